The predicted octanol–water partition coefficient (Wildman–Crippen LogP) is 1.78. The molecule has 0 N–H and O–H groups in total. The van der Waals surface area contributed by atoms with Gasteiger partial charge < -0.3 is 4.55 Å². The third-order valence-corrected chi connectivity index (χ3v) is 3.18. The van der Waals surface area contributed by atoms with Crippen molar-refractivity contribution in [2.75, 3.05) is 0 Å². The molecule has 0 atom stereocenters. The van der Waals surface area contributed by atoms with Gasteiger partial charge in [0.15, 0.2) is 5.78 Å². The van der Waals surface area contributed by atoms with Gasteiger partial charge in [0.25, 0.3) is 0 Å². The molecule has 4 nitrogen and oxygen atoms in total. The van der Waals surface area contributed by atoms with Crippen molar-refractivity contribution in [3.05, 3.63) is 61.0 Å². The summed E-state index contributed by atoms with van der Waals surface area (Å²) in [7, 11) is -4.60. The Morgan fingerprint density at radius 1 is 1.12 bits per heavy atom. The molecule has 1 aliphatic carbocycles. The summed E-state index contributed by atoms with van der Waals surface area (Å²) in [6.45, 7) is 3.43. The number of Topliss-reactive ketones (excluding diaryl/α,β-unsaturated/α-hetero) is 1. The zero-order chi connectivity index (χ0) is 11.9. The summed E-state index contributed by atoms with van der Waals surface area (Å²) in [5.74, 6) is -0.358. The van der Waals surface area contributed by atoms with Crippen molar-refractivity contribution < 1.29 is 17.8 Å². The molecule has 1 aromatic carbocycles. The zero-order valence-electron chi connectivity index (χ0n) is 9.14. The van der Waals surface area contributed by atoms with E-state index in [0.29, 0.717) is 0 Å². The Labute approximate surface area is 100 Å². The number of fused-ring (bicyclic) bond motifs is 1. The number of allylic oxidation sites excluding steroid dienone is 2. The lowest BCUT2D eigenvalue weighted by molar-refractivity contribution is 0.103. The Bertz CT molecular complexity index is 624. The van der Waals surface area contributed by atoms with Gasteiger partial charge in [-0.05, 0) is 6.08 Å². The van der Waals surface area contributed by atoms with Crippen LogP contribution in [0.5, 0.6) is 0 Å². The van der Waals surface area contributed by atoms with Gasteiger partial charge in [0.1, 0.15) is 10.1 Å². The van der Waals surface area contributed by atoms with Crippen LogP contribution in [0.25, 0.3) is 4.91 Å². The first kappa shape index (κ1) is 13.2. The summed E-state index contributed by atoms with van der Waals surface area (Å²) >= 11 is 0. The quantitative estimate of drug-likeness (QED) is 0.432. The first-order chi connectivity index (χ1) is 7.41. The van der Waals surface area contributed by atoms with Crippen LogP contribution in [0.15, 0.2) is 42.5 Å². The maximum absolute atomic E-state index is 11.6. The van der Waals surface area contributed by atoms with Crippen LogP contribution in [0.3, 0.4) is 0 Å². The molecule has 0 bridgehead atoms. The smallest absolute Gasteiger partial charge is 0.193 e. The number of carbonyl (C=O) groups is 1. The molecular weight excluding hydrogens is 240 g/mol. The first-order valence-electron chi connectivity index (χ1n) is 4.42. The van der Waals surface area contributed by atoms with E-state index in [1.54, 1.807) is 12.1 Å². The van der Waals surface area contributed by atoms with E-state index in [2.05, 4.69) is 6.58 Å². The van der Waals surface area contributed by atoms with Crippen LogP contribution < -0.4 is 0 Å². The highest BCUT2D eigenvalue weighted by Crippen LogP contribution is 2.31. The van der Waals surface area contributed by atoms with Crippen molar-refractivity contribution in [3.8, 4) is 0 Å². The van der Waals surface area contributed by atoms with Gasteiger partial charge in [-0.15, -0.1) is 0 Å². The van der Waals surface area contributed by atoms with Crippen LogP contribution in [0.2, 0.25) is 0 Å². The average Bonchev–Trinajstić information content (AvgIpc) is 2.22. The van der Waals surface area contributed by atoms with Crippen molar-refractivity contribution >= 4 is 20.8 Å². The summed E-state index contributed by atoms with van der Waals surface area (Å²) in [6, 6.07) is 6.07. The van der Waals surface area contributed by atoms with Gasteiger partial charge in [0.2, 0.25) is 0 Å². The number of rotatable bonds is 1. The third kappa shape index (κ3) is 2.15. The van der Waals surface area contributed by atoms with E-state index in [-0.39, 0.29) is 29.9 Å². The minimum absolute atomic E-state index is 0. The Balaban J connectivity index is 0.00000144. The highest BCUT2D eigenvalue weighted by molar-refractivity contribution is 7.95. The molecule has 0 radical (unpaired) electrons. The molecule has 1 aromatic rings. The van der Waals surface area contributed by atoms with Gasteiger partial charge in [0.05, 0.1) is 4.91 Å². The number of carbonyl (C=O) groups excluding carboxylic acids is 1. The maximum Gasteiger partial charge on any atom is 0.193 e. The van der Waals surface area contributed by atoms with Crippen molar-refractivity contribution in [2.24, 2.45) is 0 Å². The molecule has 17 heavy (non-hydrogen) atoms. The van der Waals surface area contributed by atoms with Gasteiger partial charge in [-0.3, -0.25) is 4.79 Å². The van der Waals surface area contributed by atoms with Crippen LogP contribution in [0.4, 0.5) is 0 Å². The fourth-order valence-corrected chi connectivity index (χ4v) is 2.31. The molecule has 5 heteroatoms. The molecule has 88 valence electrons. The highest BCUT2D eigenvalue weighted by Gasteiger charge is 2.24. The molecule has 0 heterocycles. The van der Waals surface area contributed by atoms with Crippen molar-refractivity contribution in [2.45, 2.75) is 0 Å². The zero-order valence-corrected chi connectivity index (χ0v) is 9.95. The van der Waals surface area contributed by atoms with Crippen LogP contribution >= 0.6 is 0 Å². The second-order valence-electron chi connectivity index (χ2n) is 3.36. The van der Waals surface area contributed by atoms with Gasteiger partial charge >= 0.3 is 0 Å². The van der Waals surface area contributed by atoms with Crippen molar-refractivity contribution in [3.63, 3.8) is 0 Å². The van der Waals surface area contributed by atoms with Gasteiger partial charge in [0, 0.05) is 24.1 Å². The Kier molecular flexibility index (Phi) is 3.26. The third-order valence-electron chi connectivity index (χ3n) is 2.30. The van der Waals surface area contributed by atoms with Crippen LogP contribution in [-0.2, 0) is 10.1 Å². The van der Waals surface area contributed by atoms with Gasteiger partial charge in [-0.2, -0.15) is 0 Å². The molecule has 0 fully saturated rings. The molecular formula is C12H10O4S. The number of hydrogen-bond acceptors (Lipinski definition) is 4. The fraction of sp³-hybridized carbons (Fsp3) is 0. The summed E-state index contributed by atoms with van der Waals surface area (Å²) in [5, 5.41) is 0. The Morgan fingerprint density at radius 2 is 1.65 bits per heavy atom. The minimum atomic E-state index is -4.60. The number of ketones is 1. The van der Waals surface area contributed by atoms with E-state index >= 15 is 0 Å². The summed E-state index contributed by atoms with van der Waals surface area (Å²) in [6.07, 6.45) is 1.02. The molecule has 0 unspecified atom stereocenters. The standard InChI is InChI=1S/C11H8O4S.CH3/c1-7-6-10(16(13,14)15)8-4-2-3-5-9(8)11(7)12;/h2-6H,1H2,(H,13,14,15);1H3/q;+1/p-1. The Morgan fingerprint density at radius 3 is 2.18 bits per heavy atom. The van der Waals surface area contributed by atoms with Gasteiger partial charge in [-0.25, -0.2) is 8.42 Å². The van der Waals surface area contributed by atoms with E-state index < -0.39 is 15.0 Å². The summed E-state index contributed by atoms with van der Waals surface area (Å²) in [4.78, 5) is 11.3. The van der Waals surface area contributed by atoms with E-state index in [0.717, 1.165) is 6.08 Å². The lowest BCUT2D eigenvalue weighted by atomic mass is 9.93. The van der Waals surface area contributed by atoms with Crippen LogP contribution in [0.1, 0.15) is 15.9 Å². The van der Waals surface area contributed by atoms with E-state index in [4.69, 9.17) is 0 Å². The molecule has 0 saturated carbocycles. The van der Waals surface area contributed by atoms with E-state index in [9.17, 15) is 17.8 Å². The second-order valence-corrected chi connectivity index (χ2v) is 4.71. The molecule has 0 amide bonds. The van der Waals surface area contributed by atoms with Gasteiger partial charge in [-0.1, -0.05) is 30.8 Å². The van der Waals surface area contributed by atoms with E-state index in [1.807, 2.05) is 0 Å². The van der Waals surface area contributed by atoms with Crippen molar-refractivity contribution in [1.29, 1.82) is 0 Å². The summed E-state index contributed by atoms with van der Waals surface area (Å²) < 4.78 is 33.1. The first-order valence-corrected chi connectivity index (χ1v) is 5.82. The van der Waals surface area contributed by atoms with Crippen LogP contribution in [-0.4, -0.2) is 18.8 Å². The monoisotopic (exact) mass is 250 g/mol. The molecule has 0 spiro atoms. The largest absolute Gasteiger partial charge is 0.744 e. The molecule has 0 saturated heterocycles. The van der Waals surface area contributed by atoms with E-state index in [1.165, 1.54) is 12.1 Å². The molecule has 0 aromatic heterocycles. The number of benzene rings is 1. The summed E-state index contributed by atoms with van der Waals surface area (Å²) in [5.41, 5.74) is 0.354. The normalized spacial score (nSPS) is 14.8. The lowest BCUT2D eigenvalue weighted by Crippen LogP contribution is -2.14. The predicted molar refractivity (Wildman–Crippen MR) is 64.0 cm³/mol. The Hall–Kier alpha value is -1.85. The van der Waals surface area contributed by atoms with Crippen LogP contribution in [0, 0.1) is 7.43 Å². The SMILES string of the molecule is C=C1C=C(S(=O)(=O)[O-])c2ccccc2C1=O.[CH3+]. The molecule has 2 rings (SSSR count). The van der Waals surface area contributed by atoms with Crippen molar-refractivity contribution in [1.82, 2.24) is 0 Å². The second kappa shape index (κ2) is 4.20. The minimum Gasteiger partial charge on any atom is -0.744 e. The molecule has 0 aliphatic heterocycles. The highest BCUT2D eigenvalue weighted by atomic mass is 32.2. The molecule has 1 aliphatic rings. The lowest BCUT2D eigenvalue weighted by Gasteiger charge is -2.19. The number of hydrogen-bond donors (Lipinski definition) is 0. The maximum atomic E-state index is 11.6. The topological polar surface area (TPSA) is 74.3 Å². The fourth-order valence-electron chi connectivity index (χ4n) is 1.58. The average molecular weight is 250 g/mol.